The van der Waals surface area contributed by atoms with Crippen molar-refractivity contribution in [3.05, 3.63) is 33.9 Å². The minimum absolute atomic E-state index is 0.924. The molecule has 0 heteroatoms. The minimum atomic E-state index is 0.924. The zero-order valence-corrected chi connectivity index (χ0v) is 22.3. The number of aryl methyl sites for hydroxylation is 1. The van der Waals surface area contributed by atoms with Crippen molar-refractivity contribution < 1.29 is 0 Å². The van der Waals surface area contributed by atoms with E-state index in [0.29, 0.717) is 0 Å². The summed E-state index contributed by atoms with van der Waals surface area (Å²) in [6.07, 6.45) is 24.9. The van der Waals surface area contributed by atoms with Crippen molar-refractivity contribution in [3.8, 4) is 0 Å². The van der Waals surface area contributed by atoms with Crippen molar-refractivity contribution >= 4 is 0 Å². The van der Waals surface area contributed by atoms with Crippen LogP contribution in [-0.4, -0.2) is 0 Å². The molecule has 0 spiro atoms. The van der Waals surface area contributed by atoms with Crippen LogP contribution in [0.25, 0.3) is 0 Å². The molecule has 8 fully saturated rings. The highest BCUT2D eigenvalue weighted by Crippen LogP contribution is 2.64. The lowest BCUT2D eigenvalue weighted by Gasteiger charge is -2.39. The lowest BCUT2D eigenvalue weighted by molar-refractivity contribution is 0.369. The number of benzene rings is 1. The summed E-state index contributed by atoms with van der Waals surface area (Å²) in [5.74, 6) is 12.1. The summed E-state index contributed by atoms with van der Waals surface area (Å²) in [7, 11) is 0. The monoisotopic (exact) mass is 468 g/mol. The van der Waals surface area contributed by atoms with Crippen molar-refractivity contribution in [1.29, 1.82) is 0 Å². The average Bonchev–Trinajstić information content (AvgIpc) is 3.71. The van der Waals surface area contributed by atoms with E-state index >= 15 is 0 Å². The molecule has 0 aromatic heterocycles. The predicted octanol–water partition coefficient (Wildman–Crippen LogP) is 9.61. The van der Waals surface area contributed by atoms with Gasteiger partial charge >= 0.3 is 0 Å². The summed E-state index contributed by atoms with van der Waals surface area (Å²) >= 11 is 0. The first kappa shape index (κ1) is 21.2. The molecule has 0 N–H and O–H groups in total. The van der Waals surface area contributed by atoms with E-state index in [1.165, 1.54) is 0 Å². The molecule has 188 valence electrons. The SMILES string of the molecule is Cc1cc([C@H]2C[C@@H]3CC[C@H]2C3)c([C@H]2C[C@@H]3CC[C@H]2C3)c([C@H]2C[C@@H]3CC[C@H]2C3)c1[C@H]1C[C@@H]2CC[C@H]1C2. The van der Waals surface area contributed by atoms with E-state index < -0.39 is 0 Å². The lowest BCUT2D eigenvalue weighted by atomic mass is 9.65. The van der Waals surface area contributed by atoms with Crippen molar-refractivity contribution in [1.82, 2.24) is 0 Å². The maximum Gasteiger partial charge on any atom is -0.0125 e. The van der Waals surface area contributed by atoms with E-state index in [2.05, 4.69) is 24.1 Å². The second-order valence-corrected chi connectivity index (χ2v) is 15.6. The maximum atomic E-state index is 2.88. The largest absolute Gasteiger partial charge is 0.0552 e. The fraction of sp³-hybridized carbons (Fsp3) is 0.829. The third kappa shape index (κ3) is 3.04. The van der Waals surface area contributed by atoms with Gasteiger partial charge in [-0.25, -0.2) is 0 Å². The van der Waals surface area contributed by atoms with Crippen molar-refractivity contribution in [3.63, 3.8) is 0 Å². The predicted molar refractivity (Wildman–Crippen MR) is 144 cm³/mol. The van der Waals surface area contributed by atoms with E-state index in [1.807, 2.05) is 11.1 Å². The molecule has 8 bridgehead atoms. The third-order valence-electron chi connectivity index (χ3n) is 14.2. The number of fused-ring (bicyclic) bond motifs is 8. The van der Waals surface area contributed by atoms with Gasteiger partial charge < -0.3 is 0 Å². The molecule has 8 aliphatic rings. The molecular weight excluding hydrogens is 420 g/mol. The Hall–Kier alpha value is -0.780. The third-order valence-corrected chi connectivity index (χ3v) is 14.2. The highest BCUT2D eigenvalue weighted by atomic mass is 14.6. The van der Waals surface area contributed by atoms with Crippen molar-refractivity contribution in [2.45, 2.75) is 133 Å². The van der Waals surface area contributed by atoms with Crippen LogP contribution >= 0.6 is 0 Å². The van der Waals surface area contributed by atoms with Crippen LogP contribution in [0.4, 0.5) is 0 Å². The molecule has 9 rings (SSSR count). The van der Waals surface area contributed by atoms with Crippen molar-refractivity contribution in [2.75, 3.05) is 0 Å². The summed E-state index contributed by atoms with van der Waals surface area (Å²) in [5.41, 5.74) is 9.85. The summed E-state index contributed by atoms with van der Waals surface area (Å²) in [6.45, 7) is 2.60. The van der Waals surface area contributed by atoms with Crippen LogP contribution in [0.2, 0.25) is 0 Å². The Bertz CT molecular complexity index is 1030. The van der Waals surface area contributed by atoms with Gasteiger partial charge in [-0.3, -0.25) is 0 Å². The van der Waals surface area contributed by atoms with Gasteiger partial charge in [-0.1, -0.05) is 31.7 Å². The van der Waals surface area contributed by atoms with Gasteiger partial charge in [0.25, 0.3) is 0 Å². The van der Waals surface area contributed by atoms with Gasteiger partial charge in [0.05, 0.1) is 0 Å². The molecule has 1 aromatic carbocycles. The van der Waals surface area contributed by atoms with Gasteiger partial charge in [0, 0.05) is 0 Å². The molecule has 0 unspecified atom stereocenters. The van der Waals surface area contributed by atoms with Crippen LogP contribution in [0.15, 0.2) is 6.07 Å². The van der Waals surface area contributed by atoms with Gasteiger partial charge in [-0.15, -0.1) is 0 Å². The number of rotatable bonds is 4. The van der Waals surface area contributed by atoms with Gasteiger partial charge in [-0.2, -0.15) is 0 Å². The second-order valence-electron chi connectivity index (χ2n) is 15.6. The standard InChI is InChI=1S/C35H48/c1-19-10-32(28-15-20-2-6-24(28)11-20)34(30-17-22-4-8-26(30)13-22)35(31-18-23-5-9-27(31)14-23)33(19)29-16-21-3-7-25(29)12-21/h10,20-31H,2-9,11-18H2,1H3/t20-,21-,22-,23-,24+,25+,26+,27+,28+,29+,30+,31+/m1/s1. The molecule has 0 amide bonds. The van der Waals surface area contributed by atoms with Gasteiger partial charge in [0.15, 0.2) is 0 Å². The van der Waals surface area contributed by atoms with E-state index in [1.54, 1.807) is 108 Å². The number of hydrogen-bond donors (Lipinski definition) is 0. The van der Waals surface area contributed by atoms with Crippen LogP contribution in [-0.2, 0) is 0 Å². The average molecular weight is 469 g/mol. The van der Waals surface area contributed by atoms with E-state index in [0.717, 1.165) is 71.0 Å². The van der Waals surface area contributed by atoms with E-state index in [9.17, 15) is 0 Å². The van der Waals surface area contributed by atoms with Crippen LogP contribution in [0.3, 0.4) is 0 Å². The lowest BCUT2D eigenvalue weighted by Crippen LogP contribution is -2.25. The van der Waals surface area contributed by atoms with Gasteiger partial charge in [0.1, 0.15) is 0 Å². The smallest absolute Gasteiger partial charge is 0.0125 e. The Morgan fingerprint density at radius 3 is 1.23 bits per heavy atom. The first-order valence-corrected chi connectivity index (χ1v) is 16.4. The van der Waals surface area contributed by atoms with Crippen LogP contribution in [0.1, 0.15) is 154 Å². The quantitative estimate of drug-likeness (QED) is 0.412. The minimum Gasteiger partial charge on any atom is -0.0552 e. The topological polar surface area (TPSA) is 0 Å². The second kappa shape index (κ2) is 7.63. The Kier molecular flexibility index (Phi) is 4.62. The van der Waals surface area contributed by atoms with Crippen LogP contribution in [0.5, 0.6) is 0 Å². The molecular formula is C35H48. The zero-order chi connectivity index (χ0) is 22.8. The van der Waals surface area contributed by atoms with Gasteiger partial charge in [-0.05, 0) is 183 Å². The van der Waals surface area contributed by atoms with Gasteiger partial charge in [0.2, 0.25) is 0 Å². The Morgan fingerprint density at radius 2 is 0.829 bits per heavy atom. The van der Waals surface area contributed by atoms with Crippen LogP contribution in [0, 0.1) is 54.3 Å². The van der Waals surface area contributed by atoms with E-state index in [-0.39, 0.29) is 0 Å². The highest BCUT2D eigenvalue weighted by Gasteiger charge is 2.51. The summed E-state index contributed by atoms with van der Waals surface area (Å²) in [6, 6.07) is 2.88. The molecule has 0 aliphatic heterocycles. The molecule has 8 aliphatic carbocycles. The Labute approximate surface area is 214 Å². The first-order valence-electron chi connectivity index (χ1n) is 16.4. The highest BCUT2D eigenvalue weighted by molar-refractivity contribution is 5.54. The summed E-state index contributed by atoms with van der Waals surface area (Å²) in [5, 5.41) is 0. The van der Waals surface area contributed by atoms with Crippen molar-refractivity contribution in [2.24, 2.45) is 47.3 Å². The molecule has 35 heavy (non-hydrogen) atoms. The molecule has 0 nitrogen and oxygen atoms in total. The Balaban J connectivity index is 1.26. The molecule has 0 radical (unpaired) electrons. The maximum absolute atomic E-state index is 2.88. The fourth-order valence-electron chi connectivity index (χ4n) is 12.9. The van der Waals surface area contributed by atoms with Crippen LogP contribution < -0.4 is 0 Å². The zero-order valence-electron chi connectivity index (χ0n) is 22.3. The molecule has 8 saturated carbocycles. The molecule has 1 aromatic rings. The van der Waals surface area contributed by atoms with E-state index in [4.69, 9.17) is 0 Å². The molecule has 12 atom stereocenters. The fourth-order valence-corrected chi connectivity index (χ4v) is 12.9. The molecule has 0 saturated heterocycles. The number of hydrogen-bond acceptors (Lipinski definition) is 0. The summed E-state index contributed by atoms with van der Waals surface area (Å²) in [4.78, 5) is 0. The Morgan fingerprint density at radius 1 is 0.429 bits per heavy atom. The first-order chi connectivity index (χ1) is 17.2. The molecule has 0 heterocycles. The normalized spacial score (nSPS) is 50.9. The summed E-state index contributed by atoms with van der Waals surface area (Å²) < 4.78 is 0.